The number of fused-ring (bicyclic) bond motifs is 1. The summed E-state index contributed by atoms with van der Waals surface area (Å²) in [7, 11) is -2.17. The molecule has 4 aromatic rings. The number of para-hydroxylation sites is 1. The van der Waals surface area contributed by atoms with Gasteiger partial charge < -0.3 is 4.42 Å². The summed E-state index contributed by atoms with van der Waals surface area (Å²) in [6, 6.07) is 15.3. The van der Waals surface area contributed by atoms with Crippen molar-refractivity contribution in [3.63, 3.8) is 0 Å². The van der Waals surface area contributed by atoms with Crippen LogP contribution in [0.2, 0.25) is 0 Å². The van der Waals surface area contributed by atoms with Crippen molar-refractivity contribution in [2.75, 3.05) is 7.05 Å². The van der Waals surface area contributed by atoms with Crippen molar-refractivity contribution in [2.45, 2.75) is 31.8 Å². The van der Waals surface area contributed by atoms with Crippen LogP contribution in [-0.2, 0) is 23.1 Å². The molecule has 0 fully saturated rings. The minimum absolute atomic E-state index is 0.158. The molecule has 7 nitrogen and oxygen atoms in total. The highest BCUT2D eigenvalue weighted by Crippen LogP contribution is 2.25. The van der Waals surface area contributed by atoms with Crippen molar-refractivity contribution in [3.8, 4) is 0 Å². The molecule has 0 unspecified atom stereocenters. The van der Waals surface area contributed by atoms with Gasteiger partial charge in [-0.25, -0.2) is 8.42 Å². The fourth-order valence-electron chi connectivity index (χ4n) is 3.42. The highest BCUT2D eigenvalue weighted by molar-refractivity contribution is 7.89. The number of hydrogen-bond acceptors (Lipinski definition) is 5. The van der Waals surface area contributed by atoms with Gasteiger partial charge in [-0.3, -0.25) is 9.67 Å². The standard InChI is InChI=1S/C21H22N4O3S/c1-15-21(29(26,27)24(3)14-19-8-6-12-28-19)16(2)25(23-15)13-18-11-10-17-7-4-5-9-20(17)22-18/h4-12H,13-14H2,1-3H3. The number of pyridine rings is 1. The average molecular weight is 410 g/mol. The lowest BCUT2D eigenvalue weighted by Crippen LogP contribution is -2.27. The van der Waals surface area contributed by atoms with Crippen LogP contribution in [0.15, 0.2) is 64.1 Å². The molecule has 0 atom stereocenters. The summed E-state index contributed by atoms with van der Waals surface area (Å²) in [6.45, 7) is 4.04. The average Bonchev–Trinajstić information content (AvgIpc) is 3.29. The first-order chi connectivity index (χ1) is 13.9. The monoisotopic (exact) mass is 410 g/mol. The number of nitrogens with zero attached hydrogens (tertiary/aromatic N) is 4. The second kappa shape index (κ2) is 7.46. The smallest absolute Gasteiger partial charge is 0.246 e. The van der Waals surface area contributed by atoms with E-state index in [1.807, 2.05) is 36.4 Å². The molecule has 1 aromatic carbocycles. The van der Waals surface area contributed by atoms with Crippen LogP contribution in [0.4, 0.5) is 0 Å². The van der Waals surface area contributed by atoms with Gasteiger partial charge in [-0.2, -0.15) is 9.40 Å². The fourth-order valence-corrected chi connectivity index (χ4v) is 4.92. The summed E-state index contributed by atoms with van der Waals surface area (Å²) in [5.74, 6) is 0.583. The Bertz CT molecular complexity index is 1260. The molecule has 3 aromatic heterocycles. The first-order valence-electron chi connectivity index (χ1n) is 9.23. The molecule has 4 rings (SSSR count). The predicted molar refractivity (Wildman–Crippen MR) is 110 cm³/mol. The predicted octanol–water partition coefficient (Wildman–Crippen LogP) is 3.51. The SMILES string of the molecule is Cc1nn(Cc2ccc3ccccc3n2)c(C)c1S(=O)(=O)N(C)Cc1ccco1. The molecule has 3 heterocycles. The summed E-state index contributed by atoms with van der Waals surface area (Å²) in [5.41, 5.74) is 2.78. The summed E-state index contributed by atoms with van der Waals surface area (Å²) in [5, 5.41) is 5.54. The van der Waals surface area contributed by atoms with Crippen LogP contribution in [-0.4, -0.2) is 34.5 Å². The van der Waals surface area contributed by atoms with Crippen molar-refractivity contribution < 1.29 is 12.8 Å². The summed E-state index contributed by atoms with van der Waals surface area (Å²) in [4.78, 5) is 4.89. The second-order valence-electron chi connectivity index (χ2n) is 6.99. The van der Waals surface area contributed by atoms with E-state index in [0.29, 0.717) is 23.7 Å². The van der Waals surface area contributed by atoms with E-state index in [4.69, 9.17) is 4.42 Å². The molecule has 8 heteroatoms. The normalized spacial score (nSPS) is 12.1. The molecule has 0 bridgehead atoms. The Hall–Kier alpha value is -2.97. The van der Waals surface area contributed by atoms with Gasteiger partial charge in [0.05, 0.1) is 42.0 Å². The van der Waals surface area contributed by atoms with Crippen LogP contribution in [0.25, 0.3) is 10.9 Å². The van der Waals surface area contributed by atoms with Gasteiger partial charge in [0, 0.05) is 12.4 Å². The molecule has 0 spiro atoms. The summed E-state index contributed by atoms with van der Waals surface area (Å²) < 4.78 is 34.6. The molecule has 0 amide bonds. The molecule has 150 valence electrons. The molecule has 0 aliphatic carbocycles. The first kappa shape index (κ1) is 19.4. The van der Waals surface area contributed by atoms with Crippen LogP contribution < -0.4 is 0 Å². The molecule has 0 aliphatic rings. The number of aryl methyl sites for hydroxylation is 1. The molecule has 0 saturated carbocycles. The lowest BCUT2D eigenvalue weighted by Gasteiger charge is -2.16. The van der Waals surface area contributed by atoms with Gasteiger partial charge in [0.25, 0.3) is 0 Å². The van der Waals surface area contributed by atoms with Gasteiger partial charge in [0.1, 0.15) is 10.7 Å². The maximum Gasteiger partial charge on any atom is 0.246 e. The van der Waals surface area contributed by atoms with Crippen molar-refractivity contribution in [1.29, 1.82) is 0 Å². The van der Waals surface area contributed by atoms with E-state index >= 15 is 0 Å². The topological polar surface area (TPSA) is 81.2 Å². The minimum atomic E-state index is -3.71. The molecule has 29 heavy (non-hydrogen) atoms. The van der Waals surface area contributed by atoms with E-state index in [1.165, 1.54) is 10.6 Å². The van der Waals surface area contributed by atoms with Crippen molar-refractivity contribution in [1.82, 2.24) is 19.1 Å². The highest BCUT2D eigenvalue weighted by atomic mass is 32.2. The first-order valence-corrected chi connectivity index (χ1v) is 10.7. The number of aromatic nitrogens is 3. The Morgan fingerprint density at radius 1 is 1.07 bits per heavy atom. The zero-order chi connectivity index (χ0) is 20.6. The Labute approximate surface area is 169 Å². The lowest BCUT2D eigenvalue weighted by atomic mass is 10.2. The molecular weight excluding hydrogens is 388 g/mol. The number of rotatable bonds is 6. The fraction of sp³-hybridized carbons (Fsp3) is 0.238. The number of hydrogen-bond donors (Lipinski definition) is 0. The third kappa shape index (κ3) is 3.68. The van der Waals surface area contributed by atoms with Crippen LogP contribution in [0.3, 0.4) is 0 Å². The van der Waals surface area contributed by atoms with E-state index in [9.17, 15) is 8.42 Å². The van der Waals surface area contributed by atoms with E-state index in [1.54, 1.807) is 37.7 Å². The zero-order valence-electron chi connectivity index (χ0n) is 16.5. The van der Waals surface area contributed by atoms with Crippen LogP contribution in [0.1, 0.15) is 22.8 Å². The van der Waals surface area contributed by atoms with Gasteiger partial charge in [-0.05, 0) is 38.1 Å². The molecule has 0 radical (unpaired) electrons. The van der Waals surface area contributed by atoms with Gasteiger partial charge in [-0.15, -0.1) is 0 Å². The van der Waals surface area contributed by atoms with Gasteiger partial charge in [0.2, 0.25) is 10.0 Å². The molecule has 0 saturated heterocycles. The van der Waals surface area contributed by atoms with Crippen molar-refractivity contribution >= 4 is 20.9 Å². The van der Waals surface area contributed by atoms with Gasteiger partial charge >= 0.3 is 0 Å². The molecule has 0 N–H and O–H groups in total. The van der Waals surface area contributed by atoms with Gasteiger partial charge in [-0.1, -0.05) is 24.3 Å². The second-order valence-corrected chi connectivity index (χ2v) is 8.98. The van der Waals surface area contributed by atoms with E-state index in [2.05, 4.69) is 10.1 Å². The van der Waals surface area contributed by atoms with Crippen molar-refractivity contribution in [2.24, 2.45) is 0 Å². The van der Waals surface area contributed by atoms with Crippen LogP contribution in [0, 0.1) is 13.8 Å². The maximum absolute atomic E-state index is 13.2. The molecule has 0 aliphatic heterocycles. The minimum Gasteiger partial charge on any atom is -0.468 e. The number of sulfonamides is 1. The largest absolute Gasteiger partial charge is 0.468 e. The van der Waals surface area contributed by atoms with Crippen LogP contribution in [0.5, 0.6) is 0 Å². The Morgan fingerprint density at radius 3 is 2.62 bits per heavy atom. The van der Waals surface area contributed by atoms with E-state index < -0.39 is 10.0 Å². The number of benzene rings is 1. The maximum atomic E-state index is 13.2. The zero-order valence-corrected chi connectivity index (χ0v) is 17.3. The third-order valence-corrected chi connectivity index (χ3v) is 6.97. The highest BCUT2D eigenvalue weighted by Gasteiger charge is 2.29. The Balaban J connectivity index is 1.64. The van der Waals surface area contributed by atoms with Crippen LogP contribution >= 0.6 is 0 Å². The summed E-state index contributed by atoms with van der Waals surface area (Å²) >= 11 is 0. The summed E-state index contributed by atoms with van der Waals surface area (Å²) in [6.07, 6.45) is 1.53. The Morgan fingerprint density at radius 2 is 1.86 bits per heavy atom. The van der Waals surface area contributed by atoms with Gasteiger partial charge in [0.15, 0.2) is 0 Å². The van der Waals surface area contributed by atoms with E-state index in [-0.39, 0.29) is 11.4 Å². The third-order valence-electron chi connectivity index (χ3n) is 4.91. The quantitative estimate of drug-likeness (QED) is 0.486. The number of furan rings is 1. The van der Waals surface area contributed by atoms with Crippen molar-refractivity contribution in [3.05, 3.63) is 77.6 Å². The van der Waals surface area contributed by atoms with E-state index in [0.717, 1.165) is 16.6 Å². The lowest BCUT2D eigenvalue weighted by molar-refractivity contribution is 0.406. The molecular formula is C21H22N4O3S. The Kier molecular flexibility index (Phi) is 4.97.